The molecule has 0 bridgehead atoms. The van der Waals surface area contributed by atoms with Crippen LogP contribution in [0.5, 0.6) is 5.75 Å². The summed E-state index contributed by atoms with van der Waals surface area (Å²) in [5.74, 6) is 0.648. The number of hydrogen-bond acceptors (Lipinski definition) is 4. The fourth-order valence-corrected chi connectivity index (χ4v) is 2.77. The van der Waals surface area contributed by atoms with Crippen molar-refractivity contribution in [1.82, 2.24) is 4.72 Å². The quantitative estimate of drug-likeness (QED) is 0.827. The second kappa shape index (κ2) is 5.90. The van der Waals surface area contributed by atoms with Crippen molar-refractivity contribution in [3.63, 3.8) is 0 Å². The highest BCUT2D eigenvalue weighted by atomic mass is 32.2. The van der Waals surface area contributed by atoms with Crippen molar-refractivity contribution in [2.45, 2.75) is 25.7 Å². The molecule has 0 aliphatic carbocycles. The molecule has 0 atom stereocenters. The van der Waals surface area contributed by atoms with Crippen molar-refractivity contribution >= 4 is 10.0 Å². The predicted molar refractivity (Wildman–Crippen MR) is 73.8 cm³/mol. The molecule has 0 aliphatic rings. The summed E-state index contributed by atoms with van der Waals surface area (Å²) < 4.78 is 31.8. The van der Waals surface area contributed by atoms with E-state index in [1.54, 1.807) is 40.0 Å². The van der Waals surface area contributed by atoms with Gasteiger partial charge >= 0.3 is 0 Å². The number of aliphatic hydroxyl groups is 1. The molecule has 0 spiro atoms. The summed E-state index contributed by atoms with van der Waals surface area (Å²) in [6.45, 7) is 5.45. The van der Waals surface area contributed by atoms with E-state index in [-0.39, 0.29) is 18.0 Å². The number of nitrogens with one attached hydrogen (secondary N) is 1. The Morgan fingerprint density at radius 1 is 1.37 bits per heavy atom. The smallest absolute Gasteiger partial charge is 0.240 e. The molecule has 0 fully saturated rings. The van der Waals surface area contributed by atoms with Crippen LogP contribution < -0.4 is 9.46 Å². The number of aryl methyl sites for hydroxylation is 1. The van der Waals surface area contributed by atoms with Crippen LogP contribution in [0.2, 0.25) is 0 Å². The fourth-order valence-electron chi connectivity index (χ4n) is 1.45. The highest BCUT2D eigenvalue weighted by molar-refractivity contribution is 7.89. The van der Waals surface area contributed by atoms with Gasteiger partial charge in [-0.2, -0.15) is 0 Å². The first-order chi connectivity index (χ1) is 8.72. The summed E-state index contributed by atoms with van der Waals surface area (Å²) >= 11 is 0. The Labute approximate surface area is 114 Å². The van der Waals surface area contributed by atoms with E-state index in [1.807, 2.05) is 0 Å². The first kappa shape index (κ1) is 15.9. The molecule has 0 saturated heterocycles. The fraction of sp³-hybridized carbons (Fsp3) is 0.538. The summed E-state index contributed by atoms with van der Waals surface area (Å²) in [7, 11) is -2.03. The van der Waals surface area contributed by atoms with Gasteiger partial charge in [-0.3, -0.25) is 0 Å². The lowest BCUT2D eigenvalue weighted by Crippen LogP contribution is -2.36. The Kier molecular flexibility index (Phi) is 4.95. The Bertz CT molecular complexity index is 538. The minimum atomic E-state index is -3.57. The average Bonchev–Trinajstić information content (AvgIpc) is 2.36. The van der Waals surface area contributed by atoms with Gasteiger partial charge in [-0.05, 0) is 30.7 Å². The standard InChI is InChI=1S/C13H21NO4S/c1-10-7-11(5-6-12(10)18-4)19(16,17)14-8-13(2,3)9-15/h5-7,14-15H,8-9H2,1-4H3. The number of sulfonamides is 1. The van der Waals surface area contributed by atoms with Crippen LogP contribution in [-0.4, -0.2) is 33.8 Å². The molecule has 1 rings (SSSR count). The molecule has 19 heavy (non-hydrogen) atoms. The van der Waals surface area contributed by atoms with Crippen molar-refractivity contribution in [2.75, 3.05) is 20.3 Å². The zero-order chi connectivity index (χ0) is 14.7. The van der Waals surface area contributed by atoms with E-state index in [9.17, 15) is 8.42 Å². The van der Waals surface area contributed by atoms with Crippen molar-refractivity contribution in [3.05, 3.63) is 23.8 Å². The zero-order valence-corrected chi connectivity index (χ0v) is 12.5. The lowest BCUT2D eigenvalue weighted by molar-refractivity contribution is 0.163. The molecule has 2 N–H and O–H groups in total. The van der Waals surface area contributed by atoms with Gasteiger partial charge in [0.1, 0.15) is 5.75 Å². The van der Waals surface area contributed by atoms with Gasteiger partial charge in [-0.25, -0.2) is 13.1 Å². The van der Waals surface area contributed by atoms with Crippen molar-refractivity contribution in [1.29, 1.82) is 0 Å². The van der Waals surface area contributed by atoms with Crippen LogP contribution in [-0.2, 0) is 10.0 Å². The second-order valence-corrected chi connectivity index (χ2v) is 7.05. The molecule has 0 aliphatic heterocycles. The Balaban J connectivity index is 2.92. The Morgan fingerprint density at radius 2 is 2.00 bits per heavy atom. The highest BCUT2D eigenvalue weighted by Gasteiger charge is 2.22. The summed E-state index contributed by atoms with van der Waals surface area (Å²) in [4.78, 5) is 0.194. The minimum Gasteiger partial charge on any atom is -0.496 e. The molecule has 1 aromatic rings. The van der Waals surface area contributed by atoms with E-state index < -0.39 is 15.4 Å². The molecule has 0 aromatic heterocycles. The molecular weight excluding hydrogens is 266 g/mol. The van der Waals surface area contributed by atoms with Crippen LogP contribution in [0.1, 0.15) is 19.4 Å². The molecule has 1 aromatic carbocycles. The van der Waals surface area contributed by atoms with E-state index in [2.05, 4.69) is 4.72 Å². The SMILES string of the molecule is COc1ccc(S(=O)(=O)NCC(C)(C)CO)cc1C. The van der Waals surface area contributed by atoms with Gasteiger partial charge in [0.15, 0.2) is 0 Å². The molecule has 0 amide bonds. The number of aliphatic hydroxyl groups excluding tert-OH is 1. The van der Waals surface area contributed by atoms with Crippen LogP contribution in [0.25, 0.3) is 0 Å². The van der Waals surface area contributed by atoms with Gasteiger partial charge in [0.25, 0.3) is 0 Å². The summed E-state index contributed by atoms with van der Waals surface area (Å²) in [5.41, 5.74) is 0.265. The lowest BCUT2D eigenvalue weighted by atomic mass is 9.96. The van der Waals surface area contributed by atoms with E-state index in [0.717, 1.165) is 5.56 Å². The minimum absolute atomic E-state index is 0.0862. The van der Waals surface area contributed by atoms with Crippen LogP contribution >= 0.6 is 0 Å². The van der Waals surface area contributed by atoms with Crippen molar-refractivity contribution < 1.29 is 18.3 Å². The molecule has 108 valence electrons. The molecule has 0 radical (unpaired) electrons. The average molecular weight is 287 g/mol. The number of hydrogen-bond donors (Lipinski definition) is 2. The molecular formula is C13H21NO4S. The topological polar surface area (TPSA) is 75.6 Å². The number of methoxy groups -OCH3 is 1. The molecule has 5 nitrogen and oxygen atoms in total. The monoisotopic (exact) mass is 287 g/mol. The molecule has 6 heteroatoms. The van der Waals surface area contributed by atoms with Crippen LogP contribution in [0.4, 0.5) is 0 Å². The van der Waals surface area contributed by atoms with Crippen molar-refractivity contribution in [2.24, 2.45) is 5.41 Å². The van der Waals surface area contributed by atoms with E-state index >= 15 is 0 Å². The van der Waals surface area contributed by atoms with Crippen LogP contribution in [0.15, 0.2) is 23.1 Å². The normalized spacial score (nSPS) is 12.5. The second-order valence-electron chi connectivity index (χ2n) is 5.28. The maximum absolute atomic E-state index is 12.1. The predicted octanol–water partition coefficient (Wildman–Crippen LogP) is 1.30. The van der Waals surface area contributed by atoms with E-state index in [0.29, 0.717) is 5.75 Å². The number of ether oxygens (including phenoxy) is 1. The van der Waals surface area contributed by atoms with Crippen LogP contribution in [0, 0.1) is 12.3 Å². The molecule has 0 saturated carbocycles. The highest BCUT2D eigenvalue weighted by Crippen LogP contribution is 2.21. The van der Waals surface area contributed by atoms with Gasteiger partial charge in [-0.15, -0.1) is 0 Å². The Hall–Kier alpha value is -1.11. The van der Waals surface area contributed by atoms with Gasteiger partial charge < -0.3 is 9.84 Å². The third-order valence-corrected chi connectivity index (χ3v) is 4.24. The van der Waals surface area contributed by atoms with Crippen molar-refractivity contribution in [3.8, 4) is 5.75 Å². The zero-order valence-electron chi connectivity index (χ0n) is 11.7. The summed E-state index contributed by atoms with van der Waals surface area (Å²) in [6, 6.07) is 4.69. The Morgan fingerprint density at radius 3 is 2.47 bits per heavy atom. The molecule has 0 unspecified atom stereocenters. The maximum Gasteiger partial charge on any atom is 0.240 e. The lowest BCUT2D eigenvalue weighted by Gasteiger charge is -2.21. The summed E-state index contributed by atoms with van der Waals surface area (Å²) in [6.07, 6.45) is 0. The maximum atomic E-state index is 12.1. The summed E-state index contributed by atoms with van der Waals surface area (Å²) in [5, 5.41) is 9.12. The van der Waals surface area contributed by atoms with E-state index in [1.165, 1.54) is 6.07 Å². The van der Waals surface area contributed by atoms with Gasteiger partial charge in [0.2, 0.25) is 10.0 Å². The molecule has 0 heterocycles. The largest absolute Gasteiger partial charge is 0.496 e. The van der Waals surface area contributed by atoms with Gasteiger partial charge in [0.05, 0.1) is 12.0 Å². The van der Waals surface area contributed by atoms with Gasteiger partial charge in [-0.1, -0.05) is 13.8 Å². The van der Waals surface area contributed by atoms with E-state index in [4.69, 9.17) is 9.84 Å². The number of benzene rings is 1. The van der Waals surface area contributed by atoms with Gasteiger partial charge in [0, 0.05) is 18.6 Å². The third-order valence-electron chi connectivity index (χ3n) is 2.85. The first-order valence-corrected chi connectivity index (χ1v) is 7.45. The first-order valence-electron chi connectivity index (χ1n) is 5.97. The van der Waals surface area contributed by atoms with Crippen LogP contribution in [0.3, 0.4) is 0 Å². The third kappa shape index (κ3) is 4.19. The number of rotatable bonds is 6.